The summed E-state index contributed by atoms with van der Waals surface area (Å²) in [6.45, 7) is 4.48. The first-order valence-electron chi connectivity index (χ1n) is 8.47. The van der Waals surface area contributed by atoms with Gasteiger partial charge < -0.3 is 20.2 Å². The SMILES string of the molecule is CC(=N)c1cnc2c(N3CCOCC3)nc(-c3cccc(O)c3)nc2c1. The molecule has 132 valence electrons. The fourth-order valence-electron chi connectivity index (χ4n) is 2.98. The lowest BCUT2D eigenvalue weighted by atomic mass is 10.1. The lowest BCUT2D eigenvalue weighted by Crippen LogP contribution is -2.37. The molecule has 2 N–H and O–H groups in total. The van der Waals surface area contributed by atoms with E-state index >= 15 is 0 Å². The average molecular weight is 349 g/mol. The van der Waals surface area contributed by atoms with Crippen molar-refractivity contribution in [2.75, 3.05) is 31.2 Å². The number of morpholine rings is 1. The Labute approximate surface area is 150 Å². The summed E-state index contributed by atoms with van der Waals surface area (Å²) < 4.78 is 5.45. The number of nitrogens with zero attached hydrogens (tertiary/aromatic N) is 4. The van der Waals surface area contributed by atoms with Gasteiger partial charge in [-0.3, -0.25) is 0 Å². The van der Waals surface area contributed by atoms with Crippen LogP contribution in [0.5, 0.6) is 5.75 Å². The first-order valence-corrected chi connectivity index (χ1v) is 8.47. The normalized spacial score (nSPS) is 14.6. The van der Waals surface area contributed by atoms with Gasteiger partial charge in [-0.15, -0.1) is 0 Å². The first-order chi connectivity index (χ1) is 12.6. The van der Waals surface area contributed by atoms with Crippen LogP contribution in [0.25, 0.3) is 22.4 Å². The van der Waals surface area contributed by atoms with Crippen molar-refractivity contribution in [2.45, 2.75) is 6.92 Å². The van der Waals surface area contributed by atoms with E-state index in [1.165, 1.54) is 0 Å². The Morgan fingerprint density at radius 1 is 1.19 bits per heavy atom. The molecule has 1 saturated heterocycles. The fourth-order valence-corrected chi connectivity index (χ4v) is 2.98. The molecule has 2 aromatic heterocycles. The van der Waals surface area contributed by atoms with Gasteiger partial charge in [0.2, 0.25) is 0 Å². The van der Waals surface area contributed by atoms with E-state index in [-0.39, 0.29) is 5.75 Å². The van der Waals surface area contributed by atoms with Crippen LogP contribution in [0, 0.1) is 5.41 Å². The molecule has 3 heterocycles. The first kappa shape index (κ1) is 16.4. The van der Waals surface area contributed by atoms with Gasteiger partial charge in [-0.2, -0.15) is 0 Å². The molecule has 26 heavy (non-hydrogen) atoms. The summed E-state index contributed by atoms with van der Waals surface area (Å²) in [5, 5.41) is 17.7. The summed E-state index contributed by atoms with van der Waals surface area (Å²) in [5.74, 6) is 1.45. The number of phenols is 1. The molecule has 0 unspecified atom stereocenters. The smallest absolute Gasteiger partial charge is 0.162 e. The van der Waals surface area contributed by atoms with Crippen LogP contribution in [0.15, 0.2) is 36.5 Å². The molecule has 0 spiro atoms. The molecule has 3 aromatic rings. The van der Waals surface area contributed by atoms with Crippen molar-refractivity contribution in [1.82, 2.24) is 15.0 Å². The van der Waals surface area contributed by atoms with Gasteiger partial charge in [0.05, 0.1) is 18.7 Å². The molecule has 1 aromatic carbocycles. The summed E-state index contributed by atoms with van der Waals surface area (Å²) in [5.41, 5.74) is 3.29. The molecule has 7 nitrogen and oxygen atoms in total. The number of hydrogen-bond acceptors (Lipinski definition) is 7. The van der Waals surface area contributed by atoms with Gasteiger partial charge in [0.1, 0.15) is 11.3 Å². The molecule has 1 aliphatic rings. The Morgan fingerprint density at radius 3 is 2.73 bits per heavy atom. The van der Waals surface area contributed by atoms with Crippen molar-refractivity contribution < 1.29 is 9.84 Å². The maximum absolute atomic E-state index is 9.80. The number of benzene rings is 1. The van der Waals surface area contributed by atoms with Crippen LogP contribution < -0.4 is 4.90 Å². The molecule has 0 saturated carbocycles. The van der Waals surface area contributed by atoms with Gasteiger partial charge >= 0.3 is 0 Å². The maximum Gasteiger partial charge on any atom is 0.162 e. The van der Waals surface area contributed by atoms with Gasteiger partial charge in [0, 0.05) is 36.1 Å². The molecule has 1 fully saturated rings. The van der Waals surface area contributed by atoms with Gasteiger partial charge in [-0.25, -0.2) is 15.0 Å². The van der Waals surface area contributed by atoms with E-state index in [0.717, 1.165) is 30.0 Å². The van der Waals surface area contributed by atoms with E-state index in [0.29, 0.717) is 35.8 Å². The number of fused-ring (bicyclic) bond motifs is 1. The van der Waals surface area contributed by atoms with Crippen LogP contribution in [0.2, 0.25) is 0 Å². The van der Waals surface area contributed by atoms with Crippen molar-refractivity contribution in [3.63, 3.8) is 0 Å². The van der Waals surface area contributed by atoms with E-state index in [1.54, 1.807) is 31.3 Å². The number of aromatic hydroxyl groups is 1. The topological polar surface area (TPSA) is 95.2 Å². The maximum atomic E-state index is 9.80. The molecule has 1 aliphatic heterocycles. The molecule has 7 heteroatoms. The minimum Gasteiger partial charge on any atom is -0.508 e. The van der Waals surface area contributed by atoms with Crippen LogP contribution in [-0.4, -0.2) is 52.1 Å². The van der Waals surface area contributed by atoms with Gasteiger partial charge in [0.15, 0.2) is 11.6 Å². The largest absolute Gasteiger partial charge is 0.508 e. The van der Waals surface area contributed by atoms with Crippen LogP contribution >= 0.6 is 0 Å². The second-order valence-electron chi connectivity index (χ2n) is 6.24. The Hall–Kier alpha value is -3.06. The van der Waals surface area contributed by atoms with E-state index in [4.69, 9.17) is 15.1 Å². The molecule has 0 aliphatic carbocycles. The monoisotopic (exact) mass is 349 g/mol. The number of nitrogens with one attached hydrogen (secondary N) is 1. The summed E-state index contributed by atoms with van der Waals surface area (Å²) >= 11 is 0. The molecular weight excluding hydrogens is 330 g/mol. The van der Waals surface area contributed by atoms with E-state index in [9.17, 15) is 5.11 Å². The quantitative estimate of drug-likeness (QED) is 0.706. The van der Waals surface area contributed by atoms with Crippen LogP contribution in [0.1, 0.15) is 12.5 Å². The zero-order valence-electron chi connectivity index (χ0n) is 14.4. The van der Waals surface area contributed by atoms with Crippen molar-refractivity contribution in [2.24, 2.45) is 0 Å². The Morgan fingerprint density at radius 2 is 2.00 bits per heavy atom. The third-order valence-corrected chi connectivity index (χ3v) is 4.37. The number of rotatable bonds is 3. The lowest BCUT2D eigenvalue weighted by molar-refractivity contribution is 0.122. The predicted octanol–water partition coefficient (Wildman–Crippen LogP) is 2.62. The highest BCUT2D eigenvalue weighted by Gasteiger charge is 2.19. The van der Waals surface area contributed by atoms with Crippen LogP contribution in [0.4, 0.5) is 5.82 Å². The number of aromatic nitrogens is 3. The van der Waals surface area contributed by atoms with E-state index < -0.39 is 0 Å². The summed E-state index contributed by atoms with van der Waals surface area (Å²) in [4.78, 5) is 16.1. The molecule has 0 bridgehead atoms. The molecular formula is C19H19N5O2. The Kier molecular flexibility index (Phi) is 4.22. The van der Waals surface area contributed by atoms with Crippen molar-refractivity contribution in [3.8, 4) is 17.1 Å². The fraction of sp³-hybridized carbons (Fsp3) is 0.263. The minimum absolute atomic E-state index is 0.168. The number of phenolic OH excluding ortho intramolecular Hbond substituents is 1. The predicted molar refractivity (Wildman–Crippen MR) is 100.0 cm³/mol. The highest BCUT2D eigenvalue weighted by molar-refractivity contribution is 5.99. The number of anilines is 1. The number of ether oxygens (including phenoxy) is 1. The van der Waals surface area contributed by atoms with Crippen LogP contribution in [-0.2, 0) is 4.74 Å². The highest BCUT2D eigenvalue weighted by atomic mass is 16.5. The molecule has 4 rings (SSSR count). The number of hydrogen-bond donors (Lipinski definition) is 2. The average Bonchev–Trinajstić information content (AvgIpc) is 2.67. The second-order valence-corrected chi connectivity index (χ2v) is 6.24. The lowest BCUT2D eigenvalue weighted by Gasteiger charge is -2.28. The zero-order valence-corrected chi connectivity index (χ0v) is 14.4. The van der Waals surface area contributed by atoms with Crippen molar-refractivity contribution in [3.05, 3.63) is 42.1 Å². The standard InChI is InChI=1S/C19H19N5O2/c1-12(20)14-10-16-17(21-11-14)19(24-5-7-26-8-6-24)23-18(22-16)13-3-2-4-15(25)9-13/h2-4,9-11,20,25H,5-8H2,1H3. The molecule has 0 radical (unpaired) electrons. The van der Waals surface area contributed by atoms with Crippen molar-refractivity contribution in [1.29, 1.82) is 5.41 Å². The van der Waals surface area contributed by atoms with Crippen molar-refractivity contribution >= 4 is 22.6 Å². The third kappa shape index (κ3) is 3.09. The summed E-state index contributed by atoms with van der Waals surface area (Å²) in [6, 6.07) is 8.75. The van der Waals surface area contributed by atoms with Crippen LogP contribution in [0.3, 0.4) is 0 Å². The summed E-state index contributed by atoms with van der Waals surface area (Å²) in [7, 11) is 0. The zero-order chi connectivity index (χ0) is 18.1. The Bertz CT molecular complexity index is 983. The third-order valence-electron chi connectivity index (χ3n) is 4.37. The van der Waals surface area contributed by atoms with Gasteiger partial charge in [-0.1, -0.05) is 12.1 Å². The summed E-state index contributed by atoms with van der Waals surface area (Å²) in [6.07, 6.45) is 1.69. The van der Waals surface area contributed by atoms with E-state index in [2.05, 4.69) is 14.9 Å². The minimum atomic E-state index is 0.168. The Balaban J connectivity index is 1.93. The molecule has 0 amide bonds. The molecule has 0 atom stereocenters. The van der Waals surface area contributed by atoms with Gasteiger partial charge in [-0.05, 0) is 25.1 Å². The second kappa shape index (κ2) is 6.68. The van der Waals surface area contributed by atoms with E-state index in [1.807, 2.05) is 12.1 Å². The number of pyridine rings is 1. The van der Waals surface area contributed by atoms with Gasteiger partial charge in [0.25, 0.3) is 0 Å². The highest BCUT2D eigenvalue weighted by Crippen LogP contribution is 2.28.